The van der Waals surface area contributed by atoms with E-state index in [1.807, 2.05) is 0 Å². The molecule has 2 N–H and O–H groups in total. The Kier molecular flexibility index (Phi) is 6.90. The van der Waals surface area contributed by atoms with Gasteiger partial charge >= 0.3 is 5.97 Å². The van der Waals surface area contributed by atoms with Crippen LogP contribution in [0.25, 0.3) is 0 Å². The van der Waals surface area contributed by atoms with E-state index in [-0.39, 0.29) is 18.2 Å². The van der Waals surface area contributed by atoms with E-state index in [2.05, 4.69) is 10.5 Å². The molecule has 2 atom stereocenters. The summed E-state index contributed by atoms with van der Waals surface area (Å²) in [6.07, 6.45) is 0. The summed E-state index contributed by atoms with van der Waals surface area (Å²) in [5, 5.41) is 15.4. The van der Waals surface area contributed by atoms with Crippen LogP contribution in [0.1, 0.15) is 30.1 Å². The third kappa shape index (κ3) is 4.79. The van der Waals surface area contributed by atoms with Crippen LogP contribution in [0, 0.1) is 12.8 Å². The molecule has 0 fully saturated rings. The highest BCUT2D eigenvalue weighted by molar-refractivity contribution is 5.96. The summed E-state index contributed by atoms with van der Waals surface area (Å²) in [7, 11) is 2.76. The van der Waals surface area contributed by atoms with Crippen molar-refractivity contribution in [3.8, 4) is 0 Å². The number of methoxy groups -OCH3 is 1. The molecule has 0 saturated carbocycles. The highest BCUT2D eigenvalue weighted by Gasteiger charge is 2.34. The number of carbonyl (C=O) groups is 3. The lowest BCUT2D eigenvalue weighted by Gasteiger charge is -2.30. The van der Waals surface area contributed by atoms with Crippen LogP contribution < -0.4 is 5.32 Å². The van der Waals surface area contributed by atoms with E-state index in [9.17, 15) is 19.5 Å². The Morgan fingerprint density at radius 2 is 2.04 bits per heavy atom. The Hall–Kier alpha value is -2.42. The first-order valence-corrected chi connectivity index (χ1v) is 7.41. The normalized spacial score (nSPS) is 13.4. The van der Waals surface area contributed by atoms with Gasteiger partial charge in [-0.2, -0.15) is 0 Å². The molecule has 2 amide bonds. The predicted molar refractivity (Wildman–Crippen MR) is 83.4 cm³/mol. The zero-order valence-corrected chi connectivity index (χ0v) is 14.4. The van der Waals surface area contributed by atoms with Crippen LogP contribution in [0.5, 0.6) is 0 Å². The van der Waals surface area contributed by atoms with Gasteiger partial charge in [-0.1, -0.05) is 19.0 Å². The van der Waals surface area contributed by atoms with Crippen molar-refractivity contribution in [3.05, 3.63) is 17.5 Å². The van der Waals surface area contributed by atoms with Gasteiger partial charge in [0.25, 0.3) is 5.91 Å². The number of nitrogens with one attached hydrogen (secondary N) is 1. The average molecular weight is 341 g/mol. The number of likely N-dealkylation sites (N-methyl/N-ethyl adjacent to an activating group) is 1. The highest BCUT2D eigenvalue weighted by atomic mass is 16.5. The number of carbonyl (C=O) groups excluding carboxylic acids is 2. The van der Waals surface area contributed by atoms with E-state index in [1.165, 1.54) is 20.2 Å². The molecule has 0 saturated heterocycles. The van der Waals surface area contributed by atoms with E-state index in [0.29, 0.717) is 5.76 Å². The van der Waals surface area contributed by atoms with Gasteiger partial charge < -0.3 is 24.6 Å². The van der Waals surface area contributed by atoms with Crippen LogP contribution in [-0.4, -0.2) is 65.8 Å². The highest BCUT2D eigenvalue weighted by Crippen LogP contribution is 2.11. The number of amides is 2. The number of aliphatic carboxylic acids is 1. The largest absolute Gasteiger partial charge is 0.480 e. The van der Waals surface area contributed by atoms with E-state index >= 15 is 0 Å². The van der Waals surface area contributed by atoms with Crippen molar-refractivity contribution >= 4 is 17.8 Å². The molecule has 0 unspecified atom stereocenters. The standard InChI is InChI=1S/C15H23N3O6/c1-8(2)12(15(21)22)18(4)14(20)11(7-23-5)16-13(19)10-6-9(3)24-17-10/h6,8,11-12H,7H2,1-5H3,(H,16,19)(H,21,22)/t11-,12-/m0/s1. The van der Waals surface area contributed by atoms with Crippen LogP contribution in [0.2, 0.25) is 0 Å². The van der Waals surface area contributed by atoms with Crippen LogP contribution in [0.4, 0.5) is 0 Å². The van der Waals surface area contributed by atoms with Crippen molar-refractivity contribution < 1.29 is 28.8 Å². The fraction of sp³-hybridized carbons (Fsp3) is 0.600. The number of carboxylic acids is 1. The monoisotopic (exact) mass is 341 g/mol. The number of carboxylic acid groups (broad SMARTS) is 1. The molecule has 0 aromatic carbocycles. The zero-order valence-electron chi connectivity index (χ0n) is 14.4. The van der Waals surface area contributed by atoms with Crippen LogP contribution in [-0.2, 0) is 14.3 Å². The third-order valence-electron chi connectivity index (χ3n) is 3.45. The second-order valence-electron chi connectivity index (χ2n) is 5.78. The van der Waals surface area contributed by atoms with Crippen molar-refractivity contribution in [1.82, 2.24) is 15.4 Å². The lowest BCUT2D eigenvalue weighted by Crippen LogP contribution is -2.55. The van der Waals surface area contributed by atoms with Crippen molar-refractivity contribution in [3.63, 3.8) is 0 Å². The molecule has 1 heterocycles. The molecule has 1 aromatic rings. The Balaban J connectivity index is 2.91. The lowest BCUT2D eigenvalue weighted by molar-refractivity contribution is -0.152. The maximum absolute atomic E-state index is 12.6. The third-order valence-corrected chi connectivity index (χ3v) is 3.45. The topological polar surface area (TPSA) is 122 Å². The molecule has 1 aromatic heterocycles. The molecule has 0 radical (unpaired) electrons. The number of hydrogen-bond acceptors (Lipinski definition) is 6. The Labute approximate surface area is 139 Å². The molecular weight excluding hydrogens is 318 g/mol. The van der Waals surface area contributed by atoms with Crippen LogP contribution >= 0.6 is 0 Å². The molecule has 24 heavy (non-hydrogen) atoms. The van der Waals surface area contributed by atoms with E-state index in [0.717, 1.165) is 4.90 Å². The lowest BCUT2D eigenvalue weighted by atomic mass is 10.0. The van der Waals surface area contributed by atoms with Gasteiger partial charge in [0.15, 0.2) is 5.69 Å². The Morgan fingerprint density at radius 1 is 1.42 bits per heavy atom. The number of aryl methyl sites for hydroxylation is 1. The number of rotatable bonds is 8. The number of ether oxygens (including phenoxy) is 1. The summed E-state index contributed by atoms with van der Waals surface area (Å²) in [4.78, 5) is 37.2. The van der Waals surface area contributed by atoms with E-state index < -0.39 is 29.9 Å². The van der Waals surface area contributed by atoms with Crippen molar-refractivity contribution in [2.75, 3.05) is 20.8 Å². The minimum absolute atomic E-state index is 0.0303. The minimum atomic E-state index is -1.12. The summed E-state index contributed by atoms with van der Waals surface area (Å²) < 4.78 is 9.79. The molecule has 0 bridgehead atoms. The first-order valence-electron chi connectivity index (χ1n) is 7.41. The van der Waals surface area contributed by atoms with Crippen LogP contribution in [0.3, 0.4) is 0 Å². The smallest absolute Gasteiger partial charge is 0.326 e. The van der Waals surface area contributed by atoms with Gasteiger partial charge in [-0.25, -0.2) is 4.79 Å². The summed E-state index contributed by atoms with van der Waals surface area (Å²) in [6.45, 7) is 4.93. The SMILES string of the molecule is COC[C@H](NC(=O)c1cc(C)on1)C(=O)N(C)[C@H](C(=O)O)C(C)C. The second-order valence-corrected chi connectivity index (χ2v) is 5.78. The van der Waals surface area contributed by atoms with Gasteiger partial charge in [-0.15, -0.1) is 0 Å². The molecule has 0 aliphatic heterocycles. The summed E-state index contributed by atoms with van der Waals surface area (Å²) in [5.41, 5.74) is 0.0303. The second kappa shape index (κ2) is 8.44. The maximum atomic E-state index is 12.6. The summed E-state index contributed by atoms with van der Waals surface area (Å²) in [5.74, 6) is -2.12. The predicted octanol–water partition coefficient (Wildman–Crippen LogP) is 0.295. The zero-order chi connectivity index (χ0) is 18.4. The quantitative estimate of drug-likeness (QED) is 0.697. The molecule has 0 aliphatic carbocycles. The molecule has 134 valence electrons. The van der Waals surface area contributed by atoms with Gasteiger partial charge in [0.1, 0.15) is 17.8 Å². The van der Waals surface area contributed by atoms with Gasteiger partial charge in [0.05, 0.1) is 6.61 Å². The molecule has 9 nitrogen and oxygen atoms in total. The van der Waals surface area contributed by atoms with Gasteiger partial charge in [0.2, 0.25) is 5.91 Å². The summed E-state index contributed by atoms with van der Waals surface area (Å²) >= 11 is 0. The molecular formula is C15H23N3O6. The van der Waals surface area contributed by atoms with Crippen LogP contribution in [0.15, 0.2) is 10.6 Å². The first-order chi connectivity index (χ1) is 11.2. The number of aromatic nitrogens is 1. The van der Waals surface area contributed by atoms with Gasteiger partial charge in [-0.05, 0) is 12.8 Å². The van der Waals surface area contributed by atoms with Gasteiger partial charge in [-0.3, -0.25) is 9.59 Å². The molecule has 1 rings (SSSR count). The fourth-order valence-corrected chi connectivity index (χ4v) is 2.33. The Morgan fingerprint density at radius 3 is 2.46 bits per heavy atom. The average Bonchev–Trinajstić information content (AvgIpc) is 2.91. The first kappa shape index (κ1) is 19.6. The number of nitrogens with zero attached hydrogens (tertiary/aromatic N) is 2. The van der Waals surface area contributed by atoms with E-state index in [1.54, 1.807) is 20.8 Å². The fourth-order valence-electron chi connectivity index (χ4n) is 2.33. The minimum Gasteiger partial charge on any atom is -0.480 e. The van der Waals surface area contributed by atoms with E-state index in [4.69, 9.17) is 9.26 Å². The number of hydrogen-bond donors (Lipinski definition) is 2. The van der Waals surface area contributed by atoms with Gasteiger partial charge in [0, 0.05) is 20.2 Å². The van der Waals surface area contributed by atoms with Crippen molar-refractivity contribution in [2.45, 2.75) is 32.9 Å². The van der Waals surface area contributed by atoms with Crippen molar-refractivity contribution in [2.24, 2.45) is 5.92 Å². The summed E-state index contributed by atoms with van der Waals surface area (Å²) in [6, 6.07) is -0.616. The maximum Gasteiger partial charge on any atom is 0.326 e. The van der Waals surface area contributed by atoms with Crippen molar-refractivity contribution in [1.29, 1.82) is 0 Å². The molecule has 0 spiro atoms. The molecule has 0 aliphatic rings. The Bertz CT molecular complexity index is 598. The molecule has 9 heteroatoms.